The molecule has 0 N–H and O–H groups in total. The van der Waals surface area contributed by atoms with Gasteiger partial charge in [-0.3, -0.25) is 14.7 Å². The van der Waals surface area contributed by atoms with Crippen molar-refractivity contribution < 1.29 is 9.53 Å². The fourth-order valence-electron chi connectivity index (χ4n) is 3.04. The van der Waals surface area contributed by atoms with E-state index < -0.39 is 0 Å². The molecule has 1 aromatic heterocycles. The van der Waals surface area contributed by atoms with Gasteiger partial charge in [0.2, 0.25) is 0 Å². The molecule has 2 aromatic rings. The van der Waals surface area contributed by atoms with Gasteiger partial charge in [-0.05, 0) is 42.8 Å². The number of piperazine rings is 1. The summed E-state index contributed by atoms with van der Waals surface area (Å²) >= 11 is 0. The van der Waals surface area contributed by atoms with Crippen molar-refractivity contribution in [1.82, 2.24) is 14.8 Å². The molecule has 138 valence electrons. The van der Waals surface area contributed by atoms with Gasteiger partial charge in [-0.2, -0.15) is 0 Å². The van der Waals surface area contributed by atoms with E-state index in [1.165, 1.54) is 0 Å². The molecule has 0 saturated carbocycles. The lowest BCUT2D eigenvalue weighted by Gasteiger charge is -2.34. The van der Waals surface area contributed by atoms with Gasteiger partial charge in [-0.1, -0.05) is 19.4 Å². The van der Waals surface area contributed by atoms with Crippen LogP contribution in [0.3, 0.4) is 0 Å². The Morgan fingerprint density at radius 2 is 1.85 bits per heavy atom. The van der Waals surface area contributed by atoms with Gasteiger partial charge in [0.1, 0.15) is 5.75 Å². The fourth-order valence-corrected chi connectivity index (χ4v) is 3.04. The second-order valence-electron chi connectivity index (χ2n) is 6.62. The largest absolute Gasteiger partial charge is 0.494 e. The summed E-state index contributed by atoms with van der Waals surface area (Å²) < 4.78 is 5.66. The molecule has 1 aromatic carbocycles. The van der Waals surface area contributed by atoms with Crippen LogP contribution in [0.5, 0.6) is 5.75 Å². The zero-order chi connectivity index (χ0) is 18.2. The average Bonchev–Trinajstić information content (AvgIpc) is 2.70. The zero-order valence-electron chi connectivity index (χ0n) is 15.4. The van der Waals surface area contributed by atoms with Gasteiger partial charge in [-0.25, -0.2) is 0 Å². The molecular weight excluding hydrogens is 326 g/mol. The van der Waals surface area contributed by atoms with E-state index in [0.717, 1.165) is 69.2 Å². The Morgan fingerprint density at radius 3 is 2.50 bits per heavy atom. The number of unbranched alkanes of at least 4 members (excludes halogenated alkanes) is 1. The molecule has 5 nitrogen and oxygen atoms in total. The topological polar surface area (TPSA) is 45.7 Å². The second kappa shape index (κ2) is 9.34. The Morgan fingerprint density at radius 1 is 1.08 bits per heavy atom. The maximum absolute atomic E-state index is 12.7. The van der Waals surface area contributed by atoms with Crippen molar-refractivity contribution in [2.45, 2.75) is 26.3 Å². The summed E-state index contributed by atoms with van der Waals surface area (Å²) in [6.45, 7) is 6.96. The van der Waals surface area contributed by atoms with Crippen LogP contribution in [0.4, 0.5) is 0 Å². The maximum Gasteiger partial charge on any atom is 0.253 e. The standard InChI is InChI=1S/C21H27N3O2/c1-2-3-16-26-20-9-7-18(8-10-20)21(25)24-14-12-23(13-15-24)17-19-6-4-5-11-22-19/h4-11H,2-3,12-17H2,1H3. The van der Waals surface area contributed by atoms with Crippen LogP contribution in [0.15, 0.2) is 48.7 Å². The SMILES string of the molecule is CCCCOc1ccc(C(=O)N2CCN(Cc3ccccn3)CC2)cc1. The molecular formula is C21H27N3O2. The molecule has 0 bridgehead atoms. The lowest BCUT2D eigenvalue weighted by molar-refractivity contribution is 0.0627. The van der Waals surface area contributed by atoms with E-state index >= 15 is 0 Å². The first-order valence-electron chi connectivity index (χ1n) is 9.40. The molecule has 0 atom stereocenters. The van der Waals surface area contributed by atoms with E-state index in [1.54, 1.807) is 0 Å². The second-order valence-corrected chi connectivity index (χ2v) is 6.62. The number of ether oxygens (including phenoxy) is 1. The van der Waals surface area contributed by atoms with Crippen molar-refractivity contribution in [3.63, 3.8) is 0 Å². The summed E-state index contributed by atoms with van der Waals surface area (Å²) in [6, 6.07) is 13.5. The molecule has 1 saturated heterocycles. The number of carbonyl (C=O) groups is 1. The maximum atomic E-state index is 12.7. The molecule has 0 spiro atoms. The monoisotopic (exact) mass is 353 g/mol. The van der Waals surface area contributed by atoms with Crippen molar-refractivity contribution in [2.24, 2.45) is 0 Å². The quantitative estimate of drug-likeness (QED) is 0.717. The molecule has 0 radical (unpaired) electrons. The first-order valence-corrected chi connectivity index (χ1v) is 9.40. The van der Waals surface area contributed by atoms with Crippen LogP contribution in [0.2, 0.25) is 0 Å². The van der Waals surface area contributed by atoms with Gasteiger partial charge in [0.25, 0.3) is 5.91 Å². The Labute approximate surface area is 155 Å². The van der Waals surface area contributed by atoms with E-state index in [1.807, 2.05) is 53.6 Å². The minimum Gasteiger partial charge on any atom is -0.494 e. The molecule has 1 fully saturated rings. The summed E-state index contributed by atoms with van der Waals surface area (Å²) in [5.74, 6) is 0.928. The number of nitrogens with zero attached hydrogens (tertiary/aromatic N) is 3. The highest BCUT2D eigenvalue weighted by Gasteiger charge is 2.22. The van der Waals surface area contributed by atoms with Crippen molar-refractivity contribution in [2.75, 3.05) is 32.8 Å². The molecule has 26 heavy (non-hydrogen) atoms. The minimum absolute atomic E-state index is 0.0996. The van der Waals surface area contributed by atoms with Gasteiger partial charge in [0.05, 0.1) is 12.3 Å². The number of aromatic nitrogens is 1. The van der Waals surface area contributed by atoms with E-state index in [4.69, 9.17) is 4.74 Å². The van der Waals surface area contributed by atoms with Crippen LogP contribution in [-0.4, -0.2) is 53.5 Å². The highest BCUT2D eigenvalue weighted by atomic mass is 16.5. The van der Waals surface area contributed by atoms with E-state index in [0.29, 0.717) is 0 Å². The molecule has 1 amide bonds. The third-order valence-corrected chi connectivity index (χ3v) is 4.64. The molecule has 2 heterocycles. The van der Waals surface area contributed by atoms with Crippen molar-refractivity contribution in [1.29, 1.82) is 0 Å². The minimum atomic E-state index is 0.0996. The number of carbonyl (C=O) groups excluding carboxylic acids is 1. The Hall–Kier alpha value is -2.40. The summed E-state index contributed by atoms with van der Waals surface area (Å²) in [5.41, 5.74) is 1.80. The van der Waals surface area contributed by atoms with Crippen molar-refractivity contribution >= 4 is 5.91 Å². The molecule has 0 unspecified atom stereocenters. The van der Waals surface area contributed by atoms with Crippen LogP contribution < -0.4 is 4.74 Å². The number of pyridine rings is 1. The number of benzene rings is 1. The highest BCUT2D eigenvalue weighted by Crippen LogP contribution is 2.16. The zero-order valence-corrected chi connectivity index (χ0v) is 15.4. The average molecular weight is 353 g/mol. The van der Waals surface area contributed by atoms with Crippen LogP contribution in [0.25, 0.3) is 0 Å². The third-order valence-electron chi connectivity index (χ3n) is 4.64. The number of hydrogen-bond donors (Lipinski definition) is 0. The number of amides is 1. The van der Waals surface area contributed by atoms with Crippen LogP contribution in [0, 0.1) is 0 Å². The third kappa shape index (κ3) is 5.05. The Bertz CT molecular complexity index is 680. The number of rotatable bonds is 7. The lowest BCUT2D eigenvalue weighted by atomic mass is 10.1. The first-order chi connectivity index (χ1) is 12.8. The van der Waals surface area contributed by atoms with Gasteiger partial charge >= 0.3 is 0 Å². The van der Waals surface area contributed by atoms with E-state index in [2.05, 4.69) is 16.8 Å². The molecule has 5 heteroatoms. The number of hydrogen-bond acceptors (Lipinski definition) is 4. The molecule has 1 aliphatic heterocycles. The lowest BCUT2D eigenvalue weighted by Crippen LogP contribution is -2.48. The fraction of sp³-hybridized carbons (Fsp3) is 0.429. The van der Waals surface area contributed by atoms with E-state index in [9.17, 15) is 4.79 Å². The van der Waals surface area contributed by atoms with Crippen LogP contribution in [-0.2, 0) is 6.54 Å². The van der Waals surface area contributed by atoms with Crippen LogP contribution in [0.1, 0.15) is 35.8 Å². The molecule has 1 aliphatic rings. The van der Waals surface area contributed by atoms with E-state index in [-0.39, 0.29) is 5.91 Å². The summed E-state index contributed by atoms with van der Waals surface area (Å²) in [4.78, 5) is 21.3. The molecule has 0 aliphatic carbocycles. The van der Waals surface area contributed by atoms with Gasteiger partial charge in [-0.15, -0.1) is 0 Å². The summed E-state index contributed by atoms with van der Waals surface area (Å²) in [6.07, 6.45) is 3.98. The highest BCUT2D eigenvalue weighted by molar-refractivity contribution is 5.94. The van der Waals surface area contributed by atoms with Crippen LogP contribution >= 0.6 is 0 Å². The van der Waals surface area contributed by atoms with Crippen molar-refractivity contribution in [3.8, 4) is 5.75 Å². The Balaban J connectivity index is 1.48. The van der Waals surface area contributed by atoms with Gasteiger partial charge in [0, 0.05) is 44.5 Å². The summed E-state index contributed by atoms with van der Waals surface area (Å²) in [7, 11) is 0. The predicted molar refractivity (Wildman–Crippen MR) is 102 cm³/mol. The smallest absolute Gasteiger partial charge is 0.253 e. The summed E-state index contributed by atoms with van der Waals surface area (Å²) in [5, 5.41) is 0. The Kier molecular flexibility index (Phi) is 6.61. The normalized spacial score (nSPS) is 15.0. The van der Waals surface area contributed by atoms with Crippen molar-refractivity contribution in [3.05, 3.63) is 59.9 Å². The first kappa shape index (κ1) is 18.4. The van der Waals surface area contributed by atoms with Gasteiger partial charge in [0.15, 0.2) is 0 Å². The van der Waals surface area contributed by atoms with Gasteiger partial charge < -0.3 is 9.64 Å². The predicted octanol–water partition coefficient (Wildman–Crippen LogP) is 3.22. The molecule has 3 rings (SSSR count).